The number of ether oxygens (including phenoxy) is 1. The van der Waals surface area contributed by atoms with Crippen LogP contribution in [0.5, 0.6) is 0 Å². The zero-order chi connectivity index (χ0) is 14.7. The first-order valence-corrected chi connectivity index (χ1v) is 7.81. The van der Waals surface area contributed by atoms with Gasteiger partial charge in [-0.1, -0.05) is 18.5 Å². The highest BCUT2D eigenvalue weighted by Gasteiger charge is 2.27. The highest BCUT2D eigenvalue weighted by atomic mass is 35.5. The molecule has 3 unspecified atom stereocenters. The lowest BCUT2D eigenvalue weighted by molar-refractivity contribution is 0.0299. The average Bonchev–Trinajstić information content (AvgIpc) is 2.38. The van der Waals surface area contributed by atoms with E-state index < -0.39 is 0 Å². The number of rotatable bonds is 4. The lowest BCUT2D eigenvalue weighted by Gasteiger charge is -2.41. The quantitative estimate of drug-likeness (QED) is 0.927. The van der Waals surface area contributed by atoms with Crippen molar-refractivity contribution in [2.45, 2.75) is 51.8 Å². The summed E-state index contributed by atoms with van der Waals surface area (Å²) < 4.78 is 5.79. The van der Waals surface area contributed by atoms with Gasteiger partial charge in [-0.2, -0.15) is 0 Å². The molecule has 4 heteroatoms. The van der Waals surface area contributed by atoms with E-state index in [1.807, 2.05) is 19.1 Å². The predicted molar refractivity (Wildman–Crippen MR) is 85.6 cm³/mol. The number of morpholine rings is 1. The van der Waals surface area contributed by atoms with Gasteiger partial charge in [-0.25, -0.2) is 0 Å². The van der Waals surface area contributed by atoms with Crippen molar-refractivity contribution in [1.82, 2.24) is 0 Å². The molecule has 0 radical (unpaired) electrons. The summed E-state index contributed by atoms with van der Waals surface area (Å²) in [5, 5.41) is 0.777. The molecule has 3 nitrogen and oxygen atoms in total. The third kappa shape index (κ3) is 3.66. The Bertz CT molecular complexity index is 450. The Morgan fingerprint density at radius 3 is 2.90 bits per heavy atom. The van der Waals surface area contributed by atoms with Crippen LogP contribution in [-0.2, 0) is 11.2 Å². The van der Waals surface area contributed by atoms with Gasteiger partial charge in [0.05, 0.1) is 18.8 Å². The van der Waals surface area contributed by atoms with Crippen LogP contribution in [0.15, 0.2) is 18.2 Å². The molecule has 0 aromatic heterocycles. The van der Waals surface area contributed by atoms with E-state index in [0.29, 0.717) is 6.04 Å². The molecule has 1 aromatic rings. The molecule has 0 spiro atoms. The van der Waals surface area contributed by atoms with E-state index in [0.717, 1.165) is 31.0 Å². The minimum absolute atomic E-state index is 0.130. The first-order chi connectivity index (χ1) is 9.51. The molecular weight excluding hydrogens is 272 g/mol. The van der Waals surface area contributed by atoms with Crippen LogP contribution in [0.1, 0.15) is 32.8 Å². The van der Waals surface area contributed by atoms with Crippen LogP contribution in [0.2, 0.25) is 5.02 Å². The zero-order valence-electron chi connectivity index (χ0n) is 12.6. The van der Waals surface area contributed by atoms with E-state index in [1.54, 1.807) is 0 Å². The Kier molecular flexibility index (Phi) is 5.30. The number of hydrogen-bond acceptors (Lipinski definition) is 3. The predicted octanol–water partition coefficient (Wildman–Crippen LogP) is 3.23. The number of nitrogens with two attached hydrogens (primary N) is 1. The third-order valence-electron chi connectivity index (χ3n) is 3.83. The fraction of sp³-hybridized carbons (Fsp3) is 0.625. The second-order valence-corrected chi connectivity index (χ2v) is 6.25. The summed E-state index contributed by atoms with van der Waals surface area (Å²) in [6, 6.07) is 6.70. The molecule has 0 amide bonds. The van der Waals surface area contributed by atoms with Crippen LogP contribution < -0.4 is 10.6 Å². The lowest BCUT2D eigenvalue weighted by atomic mass is 10.0. The largest absolute Gasteiger partial charge is 0.375 e. The van der Waals surface area contributed by atoms with E-state index in [4.69, 9.17) is 22.1 Å². The van der Waals surface area contributed by atoms with Crippen molar-refractivity contribution in [3.8, 4) is 0 Å². The van der Waals surface area contributed by atoms with Gasteiger partial charge in [-0.3, -0.25) is 0 Å². The van der Waals surface area contributed by atoms with Crippen molar-refractivity contribution >= 4 is 17.3 Å². The number of nitrogens with zero attached hydrogens (tertiary/aromatic N) is 1. The second-order valence-electron chi connectivity index (χ2n) is 5.81. The van der Waals surface area contributed by atoms with Crippen molar-refractivity contribution in [1.29, 1.82) is 0 Å². The van der Waals surface area contributed by atoms with Gasteiger partial charge >= 0.3 is 0 Å². The lowest BCUT2D eigenvalue weighted by Crippen LogP contribution is -2.49. The van der Waals surface area contributed by atoms with Crippen LogP contribution in [0.25, 0.3) is 0 Å². The van der Waals surface area contributed by atoms with Gasteiger partial charge in [0, 0.05) is 23.3 Å². The van der Waals surface area contributed by atoms with Crippen molar-refractivity contribution in [3.05, 3.63) is 28.8 Å². The van der Waals surface area contributed by atoms with E-state index in [1.165, 1.54) is 11.3 Å². The van der Waals surface area contributed by atoms with Gasteiger partial charge in [0.2, 0.25) is 0 Å². The summed E-state index contributed by atoms with van der Waals surface area (Å²) in [5.74, 6) is 0. The minimum Gasteiger partial charge on any atom is -0.375 e. The van der Waals surface area contributed by atoms with Gasteiger partial charge in [0.15, 0.2) is 0 Å². The van der Waals surface area contributed by atoms with Crippen molar-refractivity contribution in [2.75, 3.05) is 18.1 Å². The highest BCUT2D eigenvalue weighted by Crippen LogP contribution is 2.30. The molecule has 1 aromatic carbocycles. The Morgan fingerprint density at radius 2 is 2.25 bits per heavy atom. The fourth-order valence-electron chi connectivity index (χ4n) is 2.82. The van der Waals surface area contributed by atoms with Crippen LogP contribution in [0.4, 0.5) is 5.69 Å². The topological polar surface area (TPSA) is 38.5 Å². The Labute approximate surface area is 127 Å². The molecule has 20 heavy (non-hydrogen) atoms. The standard InChI is InChI=1S/C16H25ClN2O/c1-4-15-10-20-12(3)9-19(15)16-6-5-14(17)8-13(16)7-11(2)18/h5-6,8,11-12,15H,4,7,9-10,18H2,1-3H3. The average molecular weight is 297 g/mol. The minimum atomic E-state index is 0.130. The first-order valence-electron chi connectivity index (χ1n) is 7.43. The summed E-state index contributed by atoms with van der Waals surface area (Å²) in [4.78, 5) is 2.46. The van der Waals surface area contributed by atoms with Gasteiger partial charge in [-0.15, -0.1) is 0 Å². The molecule has 2 N–H and O–H groups in total. The third-order valence-corrected chi connectivity index (χ3v) is 4.07. The maximum absolute atomic E-state index is 6.15. The molecule has 0 saturated carbocycles. The van der Waals surface area contributed by atoms with Gasteiger partial charge in [0.1, 0.15) is 0 Å². The van der Waals surface area contributed by atoms with Crippen LogP contribution in [0.3, 0.4) is 0 Å². The molecule has 1 heterocycles. The van der Waals surface area contributed by atoms with Gasteiger partial charge < -0.3 is 15.4 Å². The molecule has 112 valence electrons. The second kappa shape index (κ2) is 6.79. The molecule has 1 saturated heterocycles. The van der Waals surface area contributed by atoms with Gasteiger partial charge in [0.25, 0.3) is 0 Å². The molecule has 2 rings (SSSR count). The van der Waals surface area contributed by atoms with Crippen LogP contribution in [0, 0.1) is 0 Å². The number of hydrogen-bond donors (Lipinski definition) is 1. The molecule has 1 aliphatic rings. The number of anilines is 1. The number of halogens is 1. The summed E-state index contributed by atoms with van der Waals surface area (Å²) >= 11 is 6.15. The summed E-state index contributed by atoms with van der Waals surface area (Å²) in [7, 11) is 0. The molecule has 1 fully saturated rings. The Morgan fingerprint density at radius 1 is 1.50 bits per heavy atom. The van der Waals surface area contributed by atoms with E-state index in [2.05, 4.69) is 24.8 Å². The normalized spacial score (nSPS) is 24.8. The number of benzene rings is 1. The van der Waals surface area contributed by atoms with Crippen molar-refractivity contribution in [2.24, 2.45) is 5.73 Å². The zero-order valence-corrected chi connectivity index (χ0v) is 13.4. The molecular formula is C16H25ClN2O. The van der Waals surface area contributed by atoms with Crippen LogP contribution in [-0.4, -0.2) is 31.3 Å². The molecule has 0 bridgehead atoms. The van der Waals surface area contributed by atoms with Crippen molar-refractivity contribution < 1.29 is 4.74 Å². The van der Waals surface area contributed by atoms with E-state index >= 15 is 0 Å². The monoisotopic (exact) mass is 296 g/mol. The van der Waals surface area contributed by atoms with Gasteiger partial charge in [-0.05, 0) is 50.5 Å². The Hall–Kier alpha value is -0.770. The summed E-state index contributed by atoms with van der Waals surface area (Å²) in [5.41, 5.74) is 8.48. The fourth-order valence-corrected chi connectivity index (χ4v) is 3.02. The van der Waals surface area contributed by atoms with Crippen molar-refractivity contribution in [3.63, 3.8) is 0 Å². The van der Waals surface area contributed by atoms with Crippen LogP contribution >= 0.6 is 11.6 Å². The maximum Gasteiger partial charge on any atom is 0.0723 e. The van der Waals surface area contributed by atoms with E-state index in [-0.39, 0.29) is 12.1 Å². The SMILES string of the molecule is CCC1COC(C)CN1c1ccc(Cl)cc1CC(C)N. The highest BCUT2D eigenvalue weighted by molar-refractivity contribution is 6.30. The molecule has 3 atom stereocenters. The summed E-state index contributed by atoms with van der Waals surface area (Å²) in [6.45, 7) is 8.08. The van der Waals surface area contributed by atoms with E-state index in [9.17, 15) is 0 Å². The summed E-state index contributed by atoms with van der Waals surface area (Å²) in [6.07, 6.45) is 2.18. The molecule has 0 aliphatic carbocycles. The Balaban J connectivity index is 2.33. The maximum atomic E-state index is 6.15. The first kappa shape index (κ1) is 15.6. The smallest absolute Gasteiger partial charge is 0.0723 e. The molecule has 1 aliphatic heterocycles.